The topological polar surface area (TPSA) is 84.6 Å². The lowest BCUT2D eigenvalue weighted by atomic mass is 9.51. The average molecular weight is 344 g/mol. The summed E-state index contributed by atoms with van der Waals surface area (Å²) in [5.74, 6) is 1.93. The number of ether oxygens (including phenoxy) is 1. The summed E-state index contributed by atoms with van der Waals surface area (Å²) in [5, 5.41) is 14.1. The fourth-order valence-electron chi connectivity index (χ4n) is 5.81. The first-order valence-electron chi connectivity index (χ1n) is 9.43. The van der Waals surface area contributed by atoms with Gasteiger partial charge in [0.2, 0.25) is 5.91 Å². The minimum atomic E-state index is -0.548. The van der Waals surface area contributed by atoms with Gasteiger partial charge in [-0.3, -0.25) is 4.79 Å². The number of nitrogens with two attached hydrogens (primary N) is 1. The monoisotopic (exact) mass is 344 g/mol. The van der Waals surface area contributed by atoms with E-state index in [0.717, 1.165) is 43.4 Å². The number of carbonyl (C=O) groups excluding carboxylic acids is 1. The Morgan fingerprint density at radius 3 is 2.72 bits per heavy atom. The van der Waals surface area contributed by atoms with E-state index in [2.05, 4.69) is 5.32 Å². The highest BCUT2D eigenvalue weighted by atomic mass is 16.5. The lowest BCUT2D eigenvalue weighted by Crippen LogP contribution is -2.65. The van der Waals surface area contributed by atoms with Crippen molar-refractivity contribution in [2.75, 3.05) is 13.2 Å². The van der Waals surface area contributed by atoms with Crippen LogP contribution in [0.3, 0.4) is 0 Å². The minimum absolute atomic E-state index is 0.0431. The largest absolute Gasteiger partial charge is 0.492 e. The molecule has 5 rings (SSSR count). The van der Waals surface area contributed by atoms with Gasteiger partial charge in [0, 0.05) is 12.1 Å². The van der Waals surface area contributed by atoms with Gasteiger partial charge in [-0.2, -0.15) is 0 Å². The summed E-state index contributed by atoms with van der Waals surface area (Å²) in [5.41, 5.74) is 5.66. The van der Waals surface area contributed by atoms with E-state index in [-0.39, 0.29) is 11.4 Å². The van der Waals surface area contributed by atoms with Gasteiger partial charge < -0.3 is 20.9 Å². The third kappa shape index (κ3) is 3.53. The SMILES string of the molecule is NCCOc1cccc(CC(=O)NC23CC4CC(CC(O)(C4)C2)C3)c1. The molecule has 4 aliphatic carbocycles. The zero-order valence-corrected chi connectivity index (χ0v) is 14.7. The lowest BCUT2D eigenvalue weighted by Gasteiger charge is -2.60. The van der Waals surface area contributed by atoms with E-state index in [4.69, 9.17) is 10.5 Å². The summed E-state index contributed by atoms with van der Waals surface area (Å²) in [7, 11) is 0. The van der Waals surface area contributed by atoms with Gasteiger partial charge in [0.05, 0.1) is 12.0 Å². The Bertz CT molecular complexity index is 646. The Labute approximate surface area is 148 Å². The van der Waals surface area contributed by atoms with Gasteiger partial charge in [-0.1, -0.05) is 12.1 Å². The molecule has 4 fully saturated rings. The molecule has 2 unspecified atom stereocenters. The van der Waals surface area contributed by atoms with Gasteiger partial charge in [0.1, 0.15) is 12.4 Å². The van der Waals surface area contributed by atoms with E-state index in [1.165, 1.54) is 6.42 Å². The van der Waals surface area contributed by atoms with Crippen LogP contribution in [-0.4, -0.2) is 35.3 Å². The van der Waals surface area contributed by atoms with Gasteiger partial charge in [0.25, 0.3) is 0 Å². The molecule has 4 aliphatic rings. The summed E-state index contributed by atoms with van der Waals surface area (Å²) in [6.45, 7) is 0.943. The van der Waals surface area contributed by atoms with Crippen LogP contribution in [0.4, 0.5) is 0 Å². The van der Waals surface area contributed by atoms with Crippen LogP contribution in [-0.2, 0) is 11.2 Å². The maximum atomic E-state index is 12.7. The van der Waals surface area contributed by atoms with Crippen LogP contribution in [0.5, 0.6) is 5.75 Å². The standard InChI is InChI=1S/C20H28N2O3/c21-4-5-25-17-3-1-2-14(7-17)8-18(23)22-19-9-15-6-16(10-19)12-20(24,11-15)13-19/h1-3,7,15-16,24H,4-6,8-13,21H2,(H,22,23). The number of benzene rings is 1. The van der Waals surface area contributed by atoms with Gasteiger partial charge in [0.15, 0.2) is 0 Å². The predicted molar refractivity (Wildman–Crippen MR) is 95.2 cm³/mol. The van der Waals surface area contributed by atoms with Crippen molar-refractivity contribution in [1.82, 2.24) is 5.32 Å². The van der Waals surface area contributed by atoms with Crippen LogP contribution in [0.25, 0.3) is 0 Å². The Morgan fingerprint density at radius 2 is 2.04 bits per heavy atom. The van der Waals surface area contributed by atoms with Crippen molar-refractivity contribution in [2.24, 2.45) is 17.6 Å². The van der Waals surface area contributed by atoms with Gasteiger partial charge in [-0.15, -0.1) is 0 Å². The first-order chi connectivity index (χ1) is 12.0. The molecule has 136 valence electrons. The maximum Gasteiger partial charge on any atom is 0.224 e. The second-order valence-electron chi connectivity index (χ2n) is 8.48. The van der Waals surface area contributed by atoms with Crippen molar-refractivity contribution in [3.8, 4) is 5.75 Å². The Kier molecular flexibility index (Phi) is 4.24. The second kappa shape index (κ2) is 6.29. The third-order valence-corrected chi connectivity index (χ3v) is 6.08. The molecule has 1 aromatic rings. The number of aliphatic hydroxyl groups is 1. The molecule has 2 atom stereocenters. The Hall–Kier alpha value is -1.59. The highest BCUT2D eigenvalue weighted by Crippen LogP contribution is 2.57. The molecule has 0 spiro atoms. The fraction of sp³-hybridized carbons (Fsp3) is 0.650. The zero-order chi connectivity index (χ0) is 17.5. The van der Waals surface area contributed by atoms with Crippen LogP contribution < -0.4 is 15.8 Å². The van der Waals surface area contributed by atoms with Crippen LogP contribution in [0, 0.1) is 11.8 Å². The predicted octanol–water partition coefficient (Wildman–Crippen LogP) is 1.77. The molecule has 0 saturated heterocycles. The first kappa shape index (κ1) is 16.9. The third-order valence-electron chi connectivity index (χ3n) is 6.08. The molecule has 1 amide bonds. The van der Waals surface area contributed by atoms with Gasteiger partial charge >= 0.3 is 0 Å². The van der Waals surface area contributed by atoms with E-state index < -0.39 is 5.60 Å². The number of hydrogen-bond acceptors (Lipinski definition) is 4. The normalized spacial score (nSPS) is 35.6. The average Bonchev–Trinajstić information content (AvgIpc) is 2.50. The zero-order valence-electron chi connectivity index (χ0n) is 14.7. The number of carbonyl (C=O) groups is 1. The van der Waals surface area contributed by atoms with E-state index in [1.54, 1.807) is 0 Å². The summed E-state index contributed by atoms with van der Waals surface area (Å²) >= 11 is 0. The molecular weight excluding hydrogens is 316 g/mol. The van der Waals surface area contributed by atoms with Crippen LogP contribution in [0.1, 0.15) is 44.1 Å². The van der Waals surface area contributed by atoms with Crippen LogP contribution in [0.2, 0.25) is 0 Å². The number of amides is 1. The number of rotatable bonds is 6. The molecule has 0 heterocycles. The summed E-state index contributed by atoms with van der Waals surface area (Å²) in [6, 6.07) is 7.64. The van der Waals surface area contributed by atoms with E-state index >= 15 is 0 Å². The molecule has 5 nitrogen and oxygen atoms in total. The molecule has 4 N–H and O–H groups in total. The first-order valence-corrected chi connectivity index (χ1v) is 9.43. The van der Waals surface area contributed by atoms with Crippen molar-refractivity contribution in [1.29, 1.82) is 0 Å². The summed E-state index contributed by atoms with van der Waals surface area (Å²) in [6.07, 6.45) is 6.17. The van der Waals surface area contributed by atoms with Crippen LogP contribution >= 0.6 is 0 Å². The van der Waals surface area contributed by atoms with Gasteiger partial charge in [-0.25, -0.2) is 0 Å². The van der Waals surface area contributed by atoms with Crippen molar-refractivity contribution in [3.05, 3.63) is 29.8 Å². The van der Waals surface area contributed by atoms with Gasteiger partial charge in [-0.05, 0) is 68.1 Å². The molecule has 0 aliphatic heterocycles. The Balaban J connectivity index is 1.41. The Morgan fingerprint density at radius 1 is 1.28 bits per heavy atom. The minimum Gasteiger partial charge on any atom is -0.492 e. The quantitative estimate of drug-likeness (QED) is 0.734. The highest BCUT2D eigenvalue weighted by Gasteiger charge is 2.57. The molecule has 0 radical (unpaired) electrons. The molecule has 4 saturated carbocycles. The molecule has 1 aromatic carbocycles. The summed E-state index contributed by atoms with van der Waals surface area (Å²) < 4.78 is 5.53. The smallest absolute Gasteiger partial charge is 0.224 e. The second-order valence-corrected chi connectivity index (χ2v) is 8.48. The van der Waals surface area contributed by atoms with Crippen molar-refractivity contribution in [3.63, 3.8) is 0 Å². The summed E-state index contributed by atoms with van der Waals surface area (Å²) in [4.78, 5) is 12.7. The van der Waals surface area contributed by atoms with E-state index in [0.29, 0.717) is 31.4 Å². The molecular formula is C20H28N2O3. The maximum absolute atomic E-state index is 12.7. The lowest BCUT2D eigenvalue weighted by molar-refractivity contribution is -0.150. The number of nitrogens with one attached hydrogen (secondary N) is 1. The van der Waals surface area contributed by atoms with E-state index in [1.807, 2.05) is 24.3 Å². The molecule has 4 bridgehead atoms. The highest BCUT2D eigenvalue weighted by molar-refractivity contribution is 5.79. The number of hydrogen-bond donors (Lipinski definition) is 3. The van der Waals surface area contributed by atoms with E-state index in [9.17, 15) is 9.90 Å². The fourth-order valence-corrected chi connectivity index (χ4v) is 5.81. The van der Waals surface area contributed by atoms with Crippen molar-refractivity contribution < 1.29 is 14.6 Å². The molecule has 0 aromatic heterocycles. The van der Waals surface area contributed by atoms with Crippen LogP contribution in [0.15, 0.2) is 24.3 Å². The molecule has 5 heteroatoms. The molecule has 25 heavy (non-hydrogen) atoms. The van der Waals surface area contributed by atoms with Crippen molar-refractivity contribution in [2.45, 2.75) is 56.1 Å². The van der Waals surface area contributed by atoms with Crippen molar-refractivity contribution >= 4 is 5.91 Å².